The fraction of sp³-hybridized carbons (Fsp3) is 0.600. The number of amides is 1. The summed E-state index contributed by atoms with van der Waals surface area (Å²) in [5, 5.41) is 12.0. The standard InChI is InChI=1S/C15H18F4N2O3/c16-14(17)15(18,19)8-24-7-12(23)21-13(9-5-10(22)6-9)11-3-1-2-4-20-11/h1-4,9-10,13-14,22H,5-8H2,(H,21,23)/t9?,10?,13-/m0/s1. The van der Waals surface area contributed by atoms with Crippen LogP contribution in [-0.4, -0.2) is 47.7 Å². The van der Waals surface area contributed by atoms with Gasteiger partial charge in [0.15, 0.2) is 0 Å². The molecule has 1 heterocycles. The zero-order valence-corrected chi connectivity index (χ0v) is 12.7. The molecule has 1 saturated carbocycles. The number of alkyl halides is 4. The Balaban J connectivity index is 1.89. The van der Waals surface area contributed by atoms with Crippen LogP contribution >= 0.6 is 0 Å². The summed E-state index contributed by atoms with van der Waals surface area (Å²) < 4.78 is 53.8. The van der Waals surface area contributed by atoms with Gasteiger partial charge in [0.1, 0.15) is 13.2 Å². The molecule has 9 heteroatoms. The lowest BCUT2D eigenvalue weighted by Crippen LogP contribution is -2.43. The summed E-state index contributed by atoms with van der Waals surface area (Å²) >= 11 is 0. The molecule has 24 heavy (non-hydrogen) atoms. The van der Waals surface area contributed by atoms with Crippen molar-refractivity contribution in [3.8, 4) is 0 Å². The molecule has 1 aliphatic rings. The number of carbonyl (C=O) groups excluding carboxylic acids is 1. The van der Waals surface area contributed by atoms with Gasteiger partial charge in [0.05, 0.1) is 17.8 Å². The zero-order chi connectivity index (χ0) is 17.7. The summed E-state index contributed by atoms with van der Waals surface area (Å²) in [5.41, 5.74) is 0.570. The Morgan fingerprint density at radius 1 is 1.42 bits per heavy atom. The lowest BCUT2D eigenvalue weighted by atomic mass is 9.76. The number of ether oxygens (including phenoxy) is 1. The van der Waals surface area contributed by atoms with Crippen LogP contribution in [0.4, 0.5) is 17.6 Å². The molecule has 0 spiro atoms. The van der Waals surface area contributed by atoms with Crippen LogP contribution in [0.1, 0.15) is 24.6 Å². The van der Waals surface area contributed by atoms with Gasteiger partial charge in [0.2, 0.25) is 5.91 Å². The Morgan fingerprint density at radius 2 is 2.12 bits per heavy atom. The monoisotopic (exact) mass is 350 g/mol. The number of nitrogens with one attached hydrogen (secondary N) is 1. The highest BCUT2D eigenvalue weighted by Crippen LogP contribution is 2.37. The fourth-order valence-corrected chi connectivity index (χ4v) is 2.45. The van der Waals surface area contributed by atoms with Crippen molar-refractivity contribution in [1.29, 1.82) is 0 Å². The van der Waals surface area contributed by atoms with E-state index in [4.69, 9.17) is 0 Å². The number of pyridine rings is 1. The van der Waals surface area contributed by atoms with Crippen LogP contribution in [0.25, 0.3) is 0 Å². The Kier molecular flexibility index (Phi) is 6.11. The van der Waals surface area contributed by atoms with Crippen LogP contribution in [0.5, 0.6) is 0 Å². The number of hydrogen-bond donors (Lipinski definition) is 2. The van der Waals surface area contributed by atoms with Gasteiger partial charge >= 0.3 is 12.3 Å². The number of aliphatic hydroxyl groups excluding tert-OH is 1. The van der Waals surface area contributed by atoms with Crippen molar-refractivity contribution in [2.75, 3.05) is 13.2 Å². The Labute approximate surface area is 136 Å². The number of carbonyl (C=O) groups is 1. The Morgan fingerprint density at radius 3 is 2.67 bits per heavy atom. The first-order valence-electron chi connectivity index (χ1n) is 7.41. The second-order valence-electron chi connectivity index (χ2n) is 5.74. The number of halogens is 4. The summed E-state index contributed by atoms with van der Waals surface area (Å²) in [6.45, 7) is -2.30. The number of aromatic nitrogens is 1. The van der Waals surface area contributed by atoms with Crippen molar-refractivity contribution >= 4 is 5.91 Å². The van der Waals surface area contributed by atoms with Crippen LogP contribution in [0, 0.1) is 5.92 Å². The van der Waals surface area contributed by atoms with E-state index in [9.17, 15) is 27.5 Å². The fourth-order valence-electron chi connectivity index (χ4n) is 2.45. The van der Waals surface area contributed by atoms with E-state index in [1.165, 1.54) is 0 Å². The number of aliphatic hydroxyl groups is 1. The molecule has 1 aliphatic carbocycles. The molecule has 0 aromatic carbocycles. The normalized spacial score (nSPS) is 22.1. The minimum absolute atomic E-state index is 0.0404. The Bertz CT molecular complexity index is 539. The van der Waals surface area contributed by atoms with E-state index < -0.39 is 43.6 Å². The highest BCUT2D eigenvalue weighted by Gasteiger charge is 2.41. The van der Waals surface area contributed by atoms with E-state index in [1.807, 2.05) is 0 Å². The van der Waals surface area contributed by atoms with E-state index >= 15 is 0 Å². The van der Waals surface area contributed by atoms with Gasteiger partial charge in [-0.05, 0) is 30.9 Å². The smallest absolute Gasteiger partial charge is 0.330 e. The number of nitrogens with zero attached hydrogens (tertiary/aromatic N) is 1. The van der Waals surface area contributed by atoms with Gasteiger partial charge in [0, 0.05) is 6.20 Å². The molecule has 1 atom stereocenters. The van der Waals surface area contributed by atoms with Gasteiger partial charge in [-0.15, -0.1) is 0 Å². The highest BCUT2D eigenvalue weighted by atomic mass is 19.3. The molecular formula is C15H18F4N2O3. The average Bonchev–Trinajstić information content (AvgIpc) is 2.50. The van der Waals surface area contributed by atoms with Gasteiger partial charge in [-0.25, -0.2) is 8.78 Å². The topological polar surface area (TPSA) is 71.5 Å². The molecule has 0 bridgehead atoms. The maximum Gasteiger partial charge on any atom is 0.330 e. The predicted octanol–water partition coefficient (Wildman–Crippen LogP) is 1.93. The van der Waals surface area contributed by atoms with Crippen LogP contribution < -0.4 is 5.32 Å². The van der Waals surface area contributed by atoms with Crippen molar-refractivity contribution in [2.24, 2.45) is 5.92 Å². The van der Waals surface area contributed by atoms with E-state index in [2.05, 4.69) is 15.0 Å². The van der Waals surface area contributed by atoms with Crippen molar-refractivity contribution in [3.05, 3.63) is 30.1 Å². The minimum atomic E-state index is -4.29. The van der Waals surface area contributed by atoms with Gasteiger partial charge in [-0.1, -0.05) is 6.07 Å². The minimum Gasteiger partial charge on any atom is -0.393 e. The van der Waals surface area contributed by atoms with Gasteiger partial charge < -0.3 is 15.2 Å². The first-order chi connectivity index (χ1) is 11.3. The second kappa shape index (κ2) is 7.89. The molecule has 2 rings (SSSR count). The van der Waals surface area contributed by atoms with E-state index in [0.717, 1.165) is 0 Å². The maximum atomic E-state index is 12.7. The summed E-state index contributed by atoms with van der Waals surface area (Å²) in [6, 6.07) is 4.63. The molecule has 0 unspecified atom stereocenters. The first-order valence-corrected chi connectivity index (χ1v) is 7.41. The van der Waals surface area contributed by atoms with Gasteiger partial charge in [0.25, 0.3) is 0 Å². The molecule has 1 aromatic heterocycles. The maximum absolute atomic E-state index is 12.7. The van der Waals surface area contributed by atoms with Crippen LogP contribution in [0.2, 0.25) is 0 Å². The first kappa shape index (κ1) is 18.6. The second-order valence-corrected chi connectivity index (χ2v) is 5.74. The van der Waals surface area contributed by atoms with E-state index in [-0.39, 0.29) is 5.92 Å². The molecule has 0 aliphatic heterocycles. The highest BCUT2D eigenvalue weighted by molar-refractivity contribution is 5.77. The number of hydrogen-bond acceptors (Lipinski definition) is 4. The molecule has 5 nitrogen and oxygen atoms in total. The van der Waals surface area contributed by atoms with Crippen molar-refractivity contribution in [2.45, 2.75) is 37.3 Å². The SMILES string of the molecule is O=C(COCC(F)(F)C(F)F)N[C@H](c1ccccn1)C1CC(O)C1. The summed E-state index contributed by atoms with van der Waals surface area (Å²) in [5.74, 6) is -5.04. The predicted molar refractivity (Wildman–Crippen MR) is 75.6 cm³/mol. The molecule has 1 fully saturated rings. The molecule has 134 valence electrons. The largest absolute Gasteiger partial charge is 0.393 e. The summed E-state index contributed by atoms with van der Waals surface area (Å²) in [4.78, 5) is 16.0. The third-order valence-corrected chi connectivity index (χ3v) is 3.79. The molecule has 0 radical (unpaired) electrons. The van der Waals surface area contributed by atoms with Gasteiger partial charge in [-0.2, -0.15) is 8.78 Å². The quantitative estimate of drug-likeness (QED) is 0.703. The van der Waals surface area contributed by atoms with Crippen molar-refractivity contribution in [1.82, 2.24) is 10.3 Å². The van der Waals surface area contributed by atoms with Crippen molar-refractivity contribution in [3.63, 3.8) is 0 Å². The van der Waals surface area contributed by atoms with Crippen LogP contribution in [-0.2, 0) is 9.53 Å². The third-order valence-electron chi connectivity index (χ3n) is 3.79. The molecule has 0 saturated heterocycles. The third kappa shape index (κ3) is 4.88. The summed E-state index contributed by atoms with van der Waals surface area (Å²) in [6.07, 6.45) is -1.79. The lowest BCUT2D eigenvalue weighted by molar-refractivity contribution is -0.168. The van der Waals surface area contributed by atoms with Crippen LogP contribution in [0.3, 0.4) is 0 Å². The zero-order valence-electron chi connectivity index (χ0n) is 12.7. The molecule has 1 amide bonds. The van der Waals surface area contributed by atoms with E-state index in [1.54, 1.807) is 24.4 Å². The lowest BCUT2D eigenvalue weighted by Gasteiger charge is -2.37. The molecule has 2 N–H and O–H groups in total. The summed E-state index contributed by atoms with van der Waals surface area (Å²) in [7, 11) is 0. The number of rotatable bonds is 8. The average molecular weight is 350 g/mol. The van der Waals surface area contributed by atoms with E-state index in [0.29, 0.717) is 18.5 Å². The van der Waals surface area contributed by atoms with Crippen LogP contribution in [0.15, 0.2) is 24.4 Å². The Hall–Kier alpha value is -1.74. The molecular weight excluding hydrogens is 332 g/mol. The molecule has 1 aromatic rings. The van der Waals surface area contributed by atoms with Gasteiger partial charge in [-0.3, -0.25) is 9.78 Å². The van der Waals surface area contributed by atoms with Crippen molar-refractivity contribution < 1.29 is 32.2 Å².